The molecule has 1 unspecified atom stereocenters. The smallest absolute Gasteiger partial charge is 0.338 e. The Labute approximate surface area is 141 Å². The van der Waals surface area contributed by atoms with E-state index in [0.29, 0.717) is 11.3 Å². The van der Waals surface area contributed by atoms with Crippen LogP contribution < -0.4 is 10.1 Å². The van der Waals surface area contributed by atoms with Crippen LogP contribution in [0.15, 0.2) is 48.5 Å². The highest BCUT2D eigenvalue weighted by atomic mass is 16.5. The molecule has 2 rings (SSSR count). The third-order valence-corrected chi connectivity index (χ3v) is 3.59. The van der Waals surface area contributed by atoms with E-state index in [9.17, 15) is 9.59 Å². The molecule has 0 aromatic heterocycles. The number of esters is 1. The van der Waals surface area contributed by atoms with Gasteiger partial charge in [0.2, 0.25) is 0 Å². The summed E-state index contributed by atoms with van der Waals surface area (Å²) < 4.78 is 10.1. The molecule has 0 saturated heterocycles. The predicted molar refractivity (Wildman–Crippen MR) is 91.0 cm³/mol. The Hall–Kier alpha value is -2.82. The minimum absolute atomic E-state index is 0.159. The number of benzene rings is 2. The van der Waals surface area contributed by atoms with E-state index in [1.807, 2.05) is 38.1 Å². The largest absolute Gasteiger partial charge is 0.497 e. The third kappa shape index (κ3) is 4.84. The predicted octanol–water partition coefficient (Wildman–Crippen LogP) is 3.04. The molecule has 2 aromatic rings. The highest BCUT2D eigenvalue weighted by Crippen LogP contribution is 2.14. The van der Waals surface area contributed by atoms with E-state index in [0.717, 1.165) is 11.1 Å². The fourth-order valence-electron chi connectivity index (χ4n) is 2.19. The molecule has 0 aliphatic carbocycles. The average Bonchev–Trinajstić information content (AvgIpc) is 2.60. The minimum Gasteiger partial charge on any atom is -0.497 e. The van der Waals surface area contributed by atoms with Crippen LogP contribution in [0.1, 0.15) is 34.5 Å². The quantitative estimate of drug-likeness (QED) is 0.828. The van der Waals surface area contributed by atoms with Crippen molar-refractivity contribution < 1.29 is 19.1 Å². The van der Waals surface area contributed by atoms with Crippen molar-refractivity contribution in [3.05, 3.63) is 65.2 Å². The Morgan fingerprint density at radius 1 is 1.12 bits per heavy atom. The zero-order valence-corrected chi connectivity index (χ0v) is 14.0. The first-order valence-electron chi connectivity index (χ1n) is 7.66. The first-order chi connectivity index (χ1) is 11.5. The zero-order valence-electron chi connectivity index (χ0n) is 14.0. The van der Waals surface area contributed by atoms with Crippen molar-refractivity contribution >= 4 is 11.9 Å². The first kappa shape index (κ1) is 17.5. The summed E-state index contributed by atoms with van der Waals surface area (Å²) in [6, 6.07) is 14.3. The van der Waals surface area contributed by atoms with E-state index < -0.39 is 5.97 Å². The summed E-state index contributed by atoms with van der Waals surface area (Å²) in [7, 11) is 1.52. The number of nitrogens with one attached hydrogen (secondary N) is 1. The van der Waals surface area contributed by atoms with Gasteiger partial charge in [0.15, 0.2) is 6.61 Å². The summed E-state index contributed by atoms with van der Waals surface area (Å²) in [4.78, 5) is 23.9. The van der Waals surface area contributed by atoms with E-state index in [-0.39, 0.29) is 18.6 Å². The molecule has 1 N–H and O–H groups in total. The number of methoxy groups -OCH3 is 1. The molecule has 1 amide bonds. The summed E-state index contributed by atoms with van der Waals surface area (Å²) in [5, 5.41) is 2.80. The summed E-state index contributed by atoms with van der Waals surface area (Å²) in [5.41, 5.74) is 2.49. The number of amides is 1. The van der Waals surface area contributed by atoms with Gasteiger partial charge >= 0.3 is 5.97 Å². The van der Waals surface area contributed by atoms with Gasteiger partial charge in [-0.25, -0.2) is 4.79 Å². The van der Waals surface area contributed by atoms with E-state index in [2.05, 4.69) is 5.32 Å². The second kappa shape index (κ2) is 8.15. The molecule has 126 valence electrons. The van der Waals surface area contributed by atoms with Crippen molar-refractivity contribution in [2.75, 3.05) is 13.7 Å². The fourth-order valence-corrected chi connectivity index (χ4v) is 2.19. The van der Waals surface area contributed by atoms with Gasteiger partial charge in [-0.05, 0) is 37.6 Å². The zero-order chi connectivity index (χ0) is 17.5. The summed E-state index contributed by atoms with van der Waals surface area (Å²) in [6.45, 7) is 3.56. The highest BCUT2D eigenvalue weighted by molar-refractivity contribution is 5.91. The lowest BCUT2D eigenvalue weighted by Crippen LogP contribution is -2.31. The molecular formula is C19H21NO4. The molecule has 0 heterocycles. The average molecular weight is 327 g/mol. The molecule has 24 heavy (non-hydrogen) atoms. The standard InChI is InChI=1S/C19H21NO4/c1-13-7-9-15(10-8-13)14(2)20-18(21)12-24-19(22)16-5-4-6-17(11-16)23-3/h4-11,14H,12H2,1-3H3,(H,20,21). The van der Waals surface area contributed by atoms with Crippen LogP contribution in [-0.4, -0.2) is 25.6 Å². The van der Waals surface area contributed by atoms with Gasteiger partial charge in [0.25, 0.3) is 5.91 Å². The number of ether oxygens (including phenoxy) is 2. The maximum Gasteiger partial charge on any atom is 0.338 e. The Balaban J connectivity index is 1.86. The van der Waals surface area contributed by atoms with Crippen LogP contribution in [0.4, 0.5) is 0 Å². The van der Waals surface area contributed by atoms with Crippen LogP contribution in [0.5, 0.6) is 5.75 Å². The number of carbonyl (C=O) groups excluding carboxylic acids is 2. The monoisotopic (exact) mass is 327 g/mol. The Bertz CT molecular complexity index is 710. The number of rotatable bonds is 6. The third-order valence-electron chi connectivity index (χ3n) is 3.59. The van der Waals surface area contributed by atoms with Crippen LogP contribution in [0.25, 0.3) is 0 Å². The maximum atomic E-state index is 12.0. The Morgan fingerprint density at radius 2 is 1.83 bits per heavy atom. The van der Waals surface area contributed by atoms with E-state index >= 15 is 0 Å². The molecule has 5 nitrogen and oxygen atoms in total. The normalized spacial score (nSPS) is 11.5. The highest BCUT2D eigenvalue weighted by Gasteiger charge is 2.13. The second-order valence-electron chi connectivity index (χ2n) is 5.51. The maximum absolute atomic E-state index is 12.0. The van der Waals surface area contributed by atoms with Crippen LogP contribution in [0, 0.1) is 6.92 Å². The topological polar surface area (TPSA) is 64.6 Å². The van der Waals surface area contributed by atoms with Crippen molar-refractivity contribution in [1.82, 2.24) is 5.32 Å². The van der Waals surface area contributed by atoms with Gasteiger partial charge in [-0.1, -0.05) is 35.9 Å². The second-order valence-corrected chi connectivity index (χ2v) is 5.51. The van der Waals surface area contributed by atoms with E-state index in [1.165, 1.54) is 7.11 Å². The first-order valence-corrected chi connectivity index (χ1v) is 7.66. The molecule has 1 atom stereocenters. The van der Waals surface area contributed by atoms with Crippen molar-refractivity contribution in [1.29, 1.82) is 0 Å². The molecule has 0 radical (unpaired) electrons. The molecule has 0 aliphatic rings. The molecule has 0 spiro atoms. The lowest BCUT2D eigenvalue weighted by atomic mass is 10.1. The van der Waals surface area contributed by atoms with Crippen molar-refractivity contribution in [2.24, 2.45) is 0 Å². The summed E-state index contributed by atoms with van der Waals surface area (Å²) >= 11 is 0. The summed E-state index contributed by atoms with van der Waals surface area (Å²) in [5.74, 6) is -0.353. The number of aryl methyl sites for hydroxylation is 1. The van der Waals surface area contributed by atoms with Crippen LogP contribution in [0.2, 0.25) is 0 Å². The van der Waals surface area contributed by atoms with Gasteiger partial charge in [0.1, 0.15) is 5.75 Å². The van der Waals surface area contributed by atoms with Gasteiger partial charge in [-0.3, -0.25) is 4.79 Å². The van der Waals surface area contributed by atoms with Crippen molar-refractivity contribution in [3.63, 3.8) is 0 Å². The molecule has 0 bridgehead atoms. The van der Waals surface area contributed by atoms with Gasteiger partial charge in [0.05, 0.1) is 18.7 Å². The number of hydrogen-bond acceptors (Lipinski definition) is 4. The lowest BCUT2D eigenvalue weighted by Gasteiger charge is -2.14. The fraction of sp³-hybridized carbons (Fsp3) is 0.263. The molecule has 0 aliphatic heterocycles. The van der Waals surface area contributed by atoms with Crippen LogP contribution >= 0.6 is 0 Å². The SMILES string of the molecule is COc1cccc(C(=O)OCC(=O)NC(C)c2ccc(C)cc2)c1. The molecule has 2 aromatic carbocycles. The van der Waals surface area contributed by atoms with Crippen molar-refractivity contribution in [2.45, 2.75) is 19.9 Å². The molecular weight excluding hydrogens is 306 g/mol. The van der Waals surface area contributed by atoms with Gasteiger partial charge in [0, 0.05) is 0 Å². The van der Waals surface area contributed by atoms with E-state index in [1.54, 1.807) is 24.3 Å². The minimum atomic E-state index is -0.563. The van der Waals surface area contributed by atoms with Gasteiger partial charge in [-0.15, -0.1) is 0 Å². The van der Waals surface area contributed by atoms with Crippen molar-refractivity contribution in [3.8, 4) is 5.75 Å². The van der Waals surface area contributed by atoms with Crippen LogP contribution in [-0.2, 0) is 9.53 Å². The Kier molecular flexibility index (Phi) is 5.95. The molecule has 0 fully saturated rings. The molecule has 0 saturated carbocycles. The van der Waals surface area contributed by atoms with Crippen LogP contribution in [0.3, 0.4) is 0 Å². The lowest BCUT2D eigenvalue weighted by molar-refractivity contribution is -0.124. The Morgan fingerprint density at radius 3 is 2.50 bits per heavy atom. The van der Waals surface area contributed by atoms with Gasteiger partial charge in [-0.2, -0.15) is 0 Å². The van der Waals surface area contributed by atoms with E-state index in [4.69, 9.17) is 9.47 Å². The summed E-state index contributed by atoms with van der Waals surface area (Å²) in [6.07, 6.45) is 0. The van der Waals surface area contributed by atoms with Gasteiger partial charge < -0.3 is 14.8 Å². The molecule has 5 heteroatoms. The number of carbonyl (C=O) groups is 2. The number of hydrogen-bond donors (Lipinski definition) is 1.